The summed E-state index contributed by atoms with van der Waals surface area (Å²) < 4.78 is 1.81. The first-order valence-corrected chi connectivity index (χ1v) is 10.3. The van der Waals surface area contributed by atoms with Crippen LogP contribution in [0.15, 0.2) is 30.3 Å². The van der Waals surface area contributed by atoms with E-state index >= 15 is 0 Å². The molecule has 8 heteroatoms. The van der Waals surface area contributed by atoms with Gasteiger partial charge in [0, 0.05) is 12.6 Å². The van der Waals surface area contributed by atoms with E-state index in [2.05, 4.69) is 20.4 Å². The Bertz CT molecular complexity index is 770. The molecule has 2 aromatic rings. The summed E-state index contributed by atoms with van der Waals surface area (Å²) in [6, 6.07) is 10.0. The van der Waals surface area contributed by atoms with Gasteiger partial charge in [-0.1, -0.05) is 31.0 Å². The van der Waals surface area contributed by atoms with Crippen molar-refractivity contribution in [2.75, 3.05) is 19.6 Å². The summed E-state index contributed by atoms with van der Waals surface area (Å²) in [5.74, 6) is 1.39. The van der Waals surface area contributed by atoms with Gasteiger partial charge in [0.15, 0.2) is 5.82 Å². The maximum Gasteiger partial charge on any atom is 0.315 e. The monoisotopic (exact) mass is 383 g/mol. The van der Waals surface area contributed by atoms with Gasteiger partial charge in [-0.05, 0) is 67.3 Å². The van der Waals surface area contributed by atoms with Crippen LogP contribution in [-0.2, 0) is 6.54 Å². The number of nitrogens with two attached hydrogens (primary N) is 1. The highest BCUT2D eigenvalue weighted by atomic mass is 16.2. The van der Waals surface area contributed by atoms with E-state index in [4.69, 9.17) is 5.73 Å². The van der Waals surface area contributed by atoms with Crippen molar-refractivity contribution in [3.63, 3.8) is 0 Å². The summed E-state index contributed by atoms with van der Waals surface area (Å²) in [6.07, 6.45) is 6.71. The van der Waals surface area contributed by atoms with E-state index in [-0.39, 0.29) is 6.03 Å². The lowest BCUT2D eigenvalue weighted by atomic mass is 9.86. The number of nitrogens with zero attached hydrogens (tertiary/aromatic N) is 6. The van der Waals surface area contributed by atoms with Gasteiger partial charge in [-0.3, -0.25) is 4.90 Å². The molecule has 1 atom stereocenters. The second-order valence-corrected chi connectivity index (χ2v) is 7.90. The van der Waals surface area contributed by atoms with Crippen molar-refractivity contribution in [2.45, 2.75) is 51.1 Å². The Balaban J connectivity index is 1.37. The molecule has 2 amide bonds. The maximum absolute atomic E-state index is 11.9. The summed E-state index contributed by atoms with van der Waals surface area (Å²) in [6.45, 7) is 3.54. The van der Waals surface area contributed by atoms with Crippen molar-refractivity contribution in [1.82, 2.24) is 30.0 Å². The molecule has 1 aromatic heterocycles. The molecule has 0 bridgehead atoms. The summed E-state index contributed by atoms with van der Waals surface area (Å²) >= 11 is 0. The molecule has 28 heavy (non-hydrogen) atoms. The average molecular weight is 384 g/mol. The Labute approximate surface area is 165 Å². The summed E-state index contributed by atoms with van der Waals surface area (Å²) in [4.78, 5) is 16.3. The molecule has 1 aromatic carbocycles. The Morgan fingerprint density at radius 1 is 1.04 bits per heavy atom. The van der Waals surface area contributed by atoms with E-state index in [1.165, 1.54) is 12.8 Å². The number of benzene rings is 1. The molecule has 0 radical (unpaired) electrons. The van der Waals surface area contributed by atoms with Gasteiger partial charge in [0.05, 0.1) is 12.2 Å². The molecular formula is C20H29N7O. The molecule has 2 N–H and O–H groups in total. The summed E-state index contributed by atoms with van der Waals surface area (Å²) in [7, 11) is 0. The maximum atomic E-state index is 11.9. The molecule has 2 saturated heterocycles. The molecule has 150 valence electrons. The van der Waals surface area contributed by atoms with Gasteiger partial charge < -0.3 is 10.6 Å². The lowest BCUT2D eigenvalue weighted by molar-refractivity contribution is 0.1000. The third-order valence-corrected chi connectivity index (χ3v) is 6.16. The van der Waals surface area contributed by atoms with Crippen molar-refractivity contribution in [2.24, 2.45) is 11.7 Å². The largest absolute Gasteiger partial charge is 0.351 e. The fourth-order valence-corrected chi connectivity index (χ4v) is 4.67. The van der Waals surface area contributed by atoms with Gasteiger partial charge >= 0.3 is 6.03 Å². The van der Waals surface area contributed by atoms with Crippen LogP contribution in [-0.4, -0.2) is 61.7 Å². The average Bonchev–Trinajstić information content (AvgIpc) is 3.03. The molecule has 4 rings (SSSR count). The number of piperidine rings is 1. The first-order valence-electron chi connectivity index (χ1n) is 10.3. The van der Waals surface area contributed by atoms with Crippen LogP contribution in [0.5, 0.6) is 0 Å². The topological polar surface area (TPSA) is 93.2 Å². The van der Waals surface area contributed by atoms with E-state index in [1.54, 1.807) is 0 Å². The summed E-state index contributed by atoms with van der Waals surface area (Å²) in [5, 5.41) is 12.3. The standard InChI is InChI=1S/C20H29N7O/c21-20(28)26-12-6-2-5-9-18(26)16-10-13-25(14-11-16)15-19-22-23-24-27(19)17-7-3-1-4-8-17/h1,3-4,7-8,16,18H,2,5-6,9-15H2,(H2,21,28). The van der Waals surface area contributed by atoms with Crippen LogP contribution in [0.3, 0.4) is 0 Å². The van der Waals surface area contributed by atoms with Gasteiger partial charge in [-0.2, -0.15) is 4.68 Å². The molecule has 8 nitrogen and oxygen atoms in total. The molecule has 0 spiro atoms. The van der Waals surface area contributed by atoms with Crippen LogP contribution < -0.4 is 5.73 Å². The van der Waals surface area contributed by atoms with Crippen LogP contribution in [0, 0.1) is 5.92 Å². The van der Waals surface area contributed by atoms with Crippen molar-refractivity contribution >= 4 is 6.03 Å². The zero-order valence-corrected chi connectivity index (χ0v) is 16.3. The minimum absolute atomic E-state index is 0.253. The Morgan fingerprint density at radius 2 is 1.82 bits per heavy atom. The van der Waals surface area contributed by atoms with Crippen LogP contribution in [0.4, 0.5) is 4.79 Å². The fraction of sp³-hybridized carbons (Fsp3) is 0.600. The normalized spacial score (nSPS) is 22.1. The number of para-hydroxylation sites is 1. The number of likely N-dealkylation sites (tertiary alicyclic amines) is 2. The quantitative estimate of drug-likeness (QED) is 0.874. The van der Waals surface area contributed by atoms with Gasteiger partial charge in [0.25, 0.3) is 0 Å². The van der Waals surface area contributed by atoms with Crippen LogP contribution >= 0.6 is 0 Å². The first-order chi connectivity index (χ1) is 13.7. The van der Waals surface area contributed by atoms with Crippen LogP contribution in [0.1, 0.15) is 44.3 Å². The molecule has 0 aliphatic carbocycles. The van der Waals surface area contributed by atoms with Crippen molar-refractivity contribution in [1.29, 1.82) is 0 Å². The SMILES string of the molecule is NC(=O)N1CCCCCC1C1CCN(Cc2nnnn2-c2ccccc2)CC1. The molecule has 2 aliphatic rings. The third-order valence-electron chi connectivity index (χ3n) is 6.16. The third kappa shape index (κ3) is 4.16. The van der Waals surface area contributed by atoms with Gasteiger partial charge in [-0.25, -0.2) is 4.79 Å². The van der Waals surface area contributed by atoms with Crippen molar-refractivity contribution in [3.8, 4) is 5.69 Å². The van der Waals surface area contributed by atoms with E-state index in [1.807, 2.05) is 39.9 Å². The molecule has 1 unspecified atom stereocenters. The number of hydrogen-bond donors (Lipinski definition) is 1. The highest BCUT2D eigenvalue weighted by Gasteiger charge is 2.33. The van der Waals surface area contributed by atoms with E-state index in [9.17, 15) is 4.79 Å². The number of rotatable bonds is 4. The lowest BCUT2D eigenvalue weighted by Crippen LogP contribution is -2.49. The van der Waals surface area contributed by atoms with E-state index in [0.29, 0.717) is 12.0 Å². The number of carbonyl (C=O) groups is 1. The lowest BCUT2D eigenvalue weighted by Gasteiger charge is -2.39. The van der Waals surface area contributed by atoms with E-state index in [0.717, 1.165) is 63.4 Å². The second kappa shape index (κ2) is 8.68. The van der Waals surface area contributed by atoms with Crippen LogP contribution in [0.25, 0.3) is 5.69 Å². The summed E-state index contributed by atoms with van der Waals surface area (Å²) in [5.41, 5.74) is 6.65. The number of carbonyl (C=O) groups excluding carboxylic acids is 1. The van der Waals surface area contributed by atoms with Crippen molar-refractivity contribution in [3.05, 3.63) is 36.2 Å². The molecule has 2 fully saturated rings. The Kier molecular flexibility index (Phi) is 5.85. The highest BCUT2D eigenvalue weighted by molar-refractivity contribution is 5.72. The number of urea groups is 1. The molecule has 2 aliphatic heterocycles. The Morgan fingerprint density at radius 3 is 2.57 bits per heavy atom. The minimum Gasteiger partial charge on any atom is -0.351 e. The number of tetrazole rings is 1. The van der Waals surface area contributed by atoms with Crippen LogP contribution in [0.2, 0.25) is 0 Å². The van der Waals surface area contributed by atoms with Gasteiger partial charge in [-0.15, -0.1) is 5.10 Å². The number of primary amides is 1. The predicted molar refractivity (Wildman–Crippen MR) is 106 cm³/mol. The smallest absolute Gasteiger partial charge is 0.315 e. The van der Waals surface area contributed by atoms with Crippen molar-refractivity contribution < 1.29 is 4.79 Å². The number of aromatic nitrogens is 4. The van der Waals surface area contributed by atoms with E-state index < -0.39 is 0 Å². The Hall–Kier alpha value is -2.48. The molecular weight excluding hydrogens is 354 g/mol. The fourth-order valence-electron chi connectivity index (χ4n) is 4.67. The first kappa shape index (κ1) is 18.9. The van der Waals surface area contributed by atoms with Gasteiger partial charge in [0.2, 0.25) is 0 Å². The molecule has 3 heterocycles. The number of amides is 2. The van der Waals surface area contributed by atoms with Gasteiger partial charge in [0.1, 0.15) is 0 Å². The molecule has 0 saturated carbocycles. The minimum atomic E-state index is -0.253. The predicted octanol–water partition coefficient (Wildman–Crippen LogP) is 2.20. The zero-order valence-electron chi connectivity index (χ0n) is 16.3. The second-order valence-electron chi connectivity index (χ2n) is 7.90. The zero-order chi connectivity index (χ0) is 19.3. The highest BCUT2D eigenvalue weighted by Crippen LogP contribution is 2.30. The number of hydrogen-bond acceptors (Lipinski definition) is 5.